The van der Waals surface area contributed by atoms with Gasteiger partial charge in [-0.3, -0.25) is 4.79 Å². The first-order chi connectivity index (χ1) is 6.52. The molecule has 0 unspecified atom stereocenters. The first-order valence-corrected chi connectivity index (χ1v) is 3.86. The third kappa shape index (κ3) is 2.25. The van der Waals surface area contributed by atoms with E-state index in [-0.39, 0.29) is 5.69 Å². The van der Waals surface area contributed by atoms with Crippen LogP contribution in [0.1, 0.15) is 5.56 Å². The van der Waals surface area contributed by atoms with Crippen LogP contribution in [-0.4, -0.2) is 12.3 Å². The van der Waals surface area contributed by atoms with Crippen LogP contribution < -0.4 is 5.32 Å². The van der Waals surface area contributed by atoms with Gasteiger partial charge in [0.05, 0.1) is 5.69 Å². The van der Waals surface area contributed by atoms with Crippen LogP contribution in [0.2, 0.25) is 0 Å². The van der Waals surface area contributed by atoms with Gasteiger partial charge in [0.25, 0.3) is 5.91 Å². The van der Waals surface area contributed by atoms with Crippen LogP contribution >= 0.6 is 0 Å². The molecule has 0 aliphatic rings. The summed E-state index contributed by atoms with van der Waals surface area (Å²) in [5.74, 6) is -2.22. The third-order valence-electron chi connectivity index (χ3n) is 1.67. The molecule has 0 radical (unpaired) electrons. The van der Waals surface area contributed by atoms with Crippen molar-refractivity contribution in [2.45, 2.75) is 13.3 Å². The summed E-state index contributed by atoms with van der Waals surface area (Å²) in [5, 5.41) is 1.81. The molecule has 0 bridgehead atoms. The zero-order valence-electron chi connectivity index (χ0n) is 7.35. The van der Waals surface area contributed by atoms with Gasteiger partial charge in [0.1, 0.15) is 5.82 Å². The van der Waals surface area contributed by atoms with Crippen molar-refractivity contribution in [3.8, 4) is 0 Å². The van der Waals surface area contributed by atoms with Crippen molar-refractivity contribution in [2.75, 3.05) is 5.32 Å². The van der Waals surface area contributed by atoms with Crippen molar-refractivity contribution in [2.24, 2.45) is 0 Å². The Kier molecular flexibility index (Phi) is 3.11. The highest BCUT2D eigenvalue weighted by molar-refractivity contribution is 5.93. The topological polar surface area (TPSA) is 29.1 Å². The van der Waals surface area contributed by atoms with Gasteiger partial charge in [0, 0.05) is 0 Å². The molecule has 5 heteroatoms. The first kappa shape index (κ1) is 10.6. The van der Waals surface area contributed by atoms with Crippen LogP contribution in [-0.2, 0) is 4.79 Å². The summed E-state index contributed by atoms with van der Waals surface area (Å²) in [7, 11) is 0. The van der Waals surface area contributed by atoms with Gasteiger partial charge in [-0.05, 0) is 18.6 Å². The van der Waals surface area contributed by atoms with Gasteiger partial charge in [0.15, 0.2) is 0 Å². The van der Waals surface area contributed by atoms with Gasteiger partial charge >= 0.3 is 6.43 Å². The lowest BCUT2D eigenvalue weighted by Gasteiger charge is -2.08. The summed E-state index contributed by atoms with van der Waals surface area (Å²) in [4.78, 5) is 10.6. The van der Waals surface area contributed by atoms with Gasteiger partial charge in [-0.25, -0.2) is 4.39 Å². The van der Waals surface area contributed by atoms with E-state index in [0.29, 0.717) is 5.56 Å². The van der Waals surface area contributed by atoms with E-state index in [1.165, 1.54) is 19.1 Å². The van der Waals surface area contributed by atoms with E-state index in [2.05, 4.69) is 0 Å². The highest BCUT2D eigenvalue weighted by atomic mass is 19.3. The number of carbonyl (C=O) groups excluding carboxylic acids is 1. The second kappa shape index (κ2) is 4.13. The molecule has 1 aromatic carbocycles. The molecule has 0 fully saturated rings. The Bertz CT molecular complexity index is 332. The Balaban J connectivity index is 2.91. The van der Waals surface area contributed by atoms with Gasteiger partial charge in [-0.1, -0.05) is 12.1 Å². The third-order valence-corrected chi connectivity index (χ3v) is 1.67. The minimum Gasteiger partial charge on any atom is -0.318 e. The number of alkyl halides is 2. The normalized spacial score (nSPS) is 10.4. The molecular weight excluding hydrogens is 195 g/mol. The second-order valence-electron chi connectivity index (χ2n) is 2.72. The Labute approximate surface area is 78.7 Å². The number of aryl methyl sites for hydroxylation is 1. The maximum atomic E-state index is 13.0. The minimum absolute atomic E-state index is 0.196. The predicted molar refractivity (Wildman–Crippen MR) is 45.8 cm³/mol. The van der Waals surface area contributed by atoms with Crippen LogP contribution in [0.5, 0.6) is 0 Å². The number of amides is 1. The molecule has 0 atom stereocenters. The van der Waals surface area contributed by atoms with Gasteiger partial charge in [0.2, 0.25) is 0 Å². The number of benzene rings is 1. The van der Waals surface area contributed by atoms with E-state index in [1.54, 1.807) is 0 Å². The molecule has 1 aromatic rings. The first-order valence-electron chi connectivity index (χ1n) is 3.86. The molecule has 0 saturated heterocycles. The number of hydrogen-bond acceptors (Lipinski definition) is 1. The van der Waals surface area contributed by atoms with E-state index in [1.807, 2.05) is 5.32 Å². The maximum absolute atomic E-state index is 13.0. The highest BCUT2D eigenvalue weighted by Gasteiger charge is 2.17. The number of rotatable bonds is 2. The SMILES string of the molecule is Cc1cccc(F)c1NC(=O)C(F)F. The molecule has 0 spiro atoms. The number of halogens is 3. The Hall–Kier alpha value is -1.52. The quantitative estimate of drug-likeness (QED) is 0.785. The minimum atomic E-state index is -3.14. The van der Waals surface area contributed by atoms with E-state index in [9.17, 15) is 18.0 Å². The van der Waals surface area contributed by atoms with E-state index in [0.717, 1.165) is 6.07 Å². The Morgan fingerprint density at radius 3 is 2.57 bits per heavy atom. The highest BCUT2D eigenvalue weighted by Crippen LogP contribution is 2.19. The fraction of sp³-hybridized carbons (Fsp3) is 0.222. The summed E-state index contributed by atoms with van der Waals surface area (Å²) in [6.45, 7) is 1.52. The summed E-state index contributed by atoms with van der Waals surface area (Å²) in [6, 6.07) is 4.04. The number of hydrogen-bond donors (Lipinski definition) is 1. The zero-order chi connectivity index (χ0) is 10.7. The summed E-state index contributed by atoms with van der Waals surface area (Å²) < 4.78 is 36.7. The molecule has 1 N–H and O–H groups in total. The molecule has 76 valence electrons. The smallest absolute Gasteiger partial charge is 0.315 e. The number of anilines is 1. The Morgan fingerprint density at radius 1 is 1.43 bits per heavy atom. The maximum Gasteiger partial charge on any atom is 0.315 e. The van der Waals surface area contributed by atoms with Crippen molar-refractivity contribution < 1.29 is 18.0 Å². The molecule has 0 saturated carbocycles. The number of para-hydroxylation sites is 1. The standard InChI is InChI=1S/C9H8F3NO/c1-5-3-2-4-6(10)7(5)13-9(14)8(11)12/h2-4,8H,1H3,(H,13,14). The zero-order valence-corrected chi connectivity index (χ0v) is 7.35. The largest absolute Gasteiger partial charge is 0.318 e. The average molecular weight is 203 g/mol. The molecule has 0 heterocycles. The lowest BCUT2D eigenvalue weighted by Crippen LogP contribution is -2.21. The fourth-order valence-corrected chi connectivity index (χ4v) is 0.968. The van der Waals surface area contributed by atoms with Crippen molar-refractivity contribution in [1.29, 1.82) is 0 Å². The van der Waals surface area contributed by atoms with E-state index in [4.69, 9.17) is 0 Å². The van der Waals surface area contributed by atoms with Crippen LogP contribution in [0.25, 0.3) is 0 Å². The fourth-order valence-electron chi connectivity index (χ4n) is 0.968. The number of carbonyl (C=O) groups is 1. The van der Waals surface area contributed by atoms with Gasteiger partial charge in [-0.2, -0.15) is 8.78 Å². The van der Waals surface area contributed by atoms with Crippen molar-refractivity contribution >= 4 is 11.6 Å². The lowest BCUT2D eigenvalue weighted by atomic mass is 10.2. The second-order valence-corrected chi connectivity index (χ2v) is 2.72. The van der Waals surface area contributed by atoms with E-state index >= 15 is 0 Å². The molecule has 0 aromatic heterocycles. The van der Waals surface area contributed by atoms with Crippen molar-refractivity contribution in [1.82, 2.24) is 0 Å². The van der Waals surface area contributed by atoms with Crippen LogP contribution in [0.3, 0.4) is 0 Å². The van der Waals surface area contributed by atoms with E-state index < -0.39 is 18.1 Å². The molecular formula is C9H8F3NO. The number of nitrogens with one attached hydrogen (secondary N) is 1. The summed E-state index contributed by atoms with van der Waals surface area (Å²) in [5.41, 5.74) is 0.205. The van der Waals surface area contributed by atoms with Gasteiger partial charge < -0.3 is 5.32 Å². The van der Waals surface area contributed by atoms with Crippen LogP contribution in [0, 0.1) is 12.7 Å². The van der Waals surface area contributed by atoms with Crippen molar-refractivity contribution in [3.05, 3.63) is 29.6 Å². The predicted octanol–water partition coefficient (Wildman–Crippen LogP) is 2.34. The monoisotopic (exact) mass is 203 g/mol. The average Bonchev–Trinajstić information content (AvgIpc) is 2.11. The molecule has 14 heavy (non-hydrogen) atoms. The van der Waals surface area contributed by atoms with Crippen molar-refractivity contribution in [3.63, 3.8) is 0 Å². The van der Waals surface area contributed by atoms with Crippen LogP contribution in [0.4, 0.5) is 18.9 Å². The molecule has 0 aliphatic heterocycles. The molecule has 1 rings (SSSR count). The Morgan fingerprint density at radius 2 is 2.07 bits per heavy atom. The van der Waals surface area contributed by atoms with Gasteiger partial charge in [-0.15, -0.1) is 0 Å². The van der Waals surface area contributed by atoms with Crippen LogP contribution in [0.15, 0.2) is 18.2 Å². The molecule has 1 amide bonds. The summed E-state index contributed by atoms with van der Waals surface area (Å²) in [6.07, 6.45) is -3.14. The molecule has 0 aliphatic carbocycles. The summed E-state index contributed by atoms with van der Waals surface area (Å²) >= 11 is 0. The lowest BCUT2D eigenvalue weighted by molar-refractivity contribution is -0.126. The molecule has 2 nitrogen and oxygen atoms in total.